The van der Waals surface area contributed by atoms with Gasteiger partial charge in [-0.2, -0.15) is 0 Å². The van der Waals surface area contributed by atoms with Crippen LogP contribution < -0.4 is 0 Å². The van der Waals surface area contributed by atoms with E-state index >= 15 is 0 Å². The van der Waals surface area contributed by atoms with Crippen LogP contribution in [0.5, 0.6) is 0 Å². The first kappa shape index (κ1) is 10.6. The lowest BCUT2D eigenvalue weighted by molar-refractivity contribution is 0.0492. The summed E-state index contributed by atoms with van der Waals surface area (Å²) in [6, 6.07) is 1.26. The monoisotopic (exact) mass is 197 g/mol. The Morgan fingerprint density at radius 2 is 2.36 bits per heavy atom. The SMILES string of the molecule is CCCOC(=O)c1ncc(C)cc1F. The van der Waals surface area contributed by atoms with Gasteiger partial charge < -0.3 is 4.74 Å². The Morgan fingerprint density at radius 1 is 1.64 bits per heavy atom. The van der Waals surface area contributed by atoms with Gasteiger partial charge in [-0.1, -0.05) is 6.92 Å². The van der Waals surface area contributed by atoms with Crippen molar-refractivity contribution in [3.05, 3.63) is 29.3 Å². The second kappa shape index (κ2) is 4.69. The number of aryl methyl sites for hydroxylation is 1. The Hall–Kier alpha value is -1.45. The predicted molar refractivity (Wildman–Crippen MR) is 49.5 cm³/mol. The lowest BCUT2D eigenvalue weighted by Gasteiger charge is -2.03. The van der Waals surface area contributed by atoms with E-state index in [1.54, 1.807) is 6.92 Å². The largest absolute Gasteiger partial charge is 0.461 e. The van der Waals surface area contributed by atoms with Crippen molar-refractivity contribution in [3.8, 4) is 0 Å². The van der Waals surface area contributed by atoms with Crippen LogP contribution in [0.2, 0.25) is 0 Å². The minimum atomic E-state index is -0.704. The summed E-state index contributed by atoms with van der Waals surface area (Å²) in [4.78, 5) is 14.9. The molecule has 0 radical (unpaired) electrons. The topological polar surface area (TPSA) is 39.2 Å². The van der Waals surface area contributed by atoms with Gasteiger partial charge in [-0.25, -0.2) is 14.2 Å². The highest BCUT2D eigenvalue weighted by atomic mass is 19.1. The van der Waals surface area contributed by atoms with E-state index in [0.29, 0.717) is 12.0 Å². The number of carbonyl (C=O) groups excluding carboxylic acids is 1. The minimum absolute atomic E-state index is 0.246. The molecular weight excluding hydrogens is 185 g/mol. The molecule has 0 unspecified atom stereocenters. The Kier molecular flexibility index (Phi) is 3.56. The molecule has 1 aromatic rings. The van der Waals surface area contributed by atoms with Crippen LogP contribution in [0.4, 0.5) is 4.39 Å². The predicted octanol–water partition coefficient (Wildman–Crippen LogP) is 2.10. The lowest BCUT2D eigenvalue weighted by atomic mass is 10.2. The molecule has 14 heavy (non-hydrogen) atoms. The number of nitrogens with zero attached hydrogens (tertiary/aromatic N) is 1. The van der Waals surface area contributed by atoms with E-state index in [4.69, 9.17) is 4.74 Å². The van der Waals surface area contributed by atoms with Crippen molar-refractivity contribution in [1.29, 1.82) is 0 Å². The second-order valence-corrected chi connectivity index (χ2v) is 2.98. The number of rotatable bonds is 3. The van der Waals surface area contributed by atoms with Gasteiger partial charge in [-0.15, -0.1) is 0 Å². The fourth-order valence-corrected chi connectivity index (χ4v) is 0.947. The maximum atomic E-state index is 13.2. The molecule has 0 spiro atoms. The van der Waals surface area contributed by atoms with E-state index in [-0.39, 0.29) is 12.3 Å². The maximum Gasteiger partial charge on any atom is 0.360 e. The van der Waals surface area contributed by atoms with Crippen molar-refractivity contribution >= 4 is 5.97 Å². The van der Waals surface area contributed by atoms with E-state index in [2.05, 4.69) is 4.98 Å². The van der Waals surface area contributed by atoms with E-state index in [1.165, 1.54) is 12.3 Å². The molecule has 1 heterocycles. The third-order valence-corrected chi connectivity index (χ3v) is 1.61. The molecular formula is C10H12FNO2. The molecule has 3 nitrogen and oxygen atoms in total. The van der Waals surface area contributed by atoms with Crippen molar-refractivity contribution in [1.82, 2.24) is 4.98 Å². The fraction of sp³-hybridized carbons (Fsp3) is 0.400. The Balaban J connectivity index is 2.80. The molecule has 0 aliphatic rings. The summed E-state index contributed by atoms with van der Waals surface area (Å²) in [6.45, 7) is 3.86. The Labute approximate surface area is 81.9 Å². The first-order valence-corrected chi connectivity index (χ1v) is 4.44. The summed E-state index contributed by atoms with van der Waals surface area (Å²) in [7, 11) is 0. The van der Waals surface area contributed by atoms with Crippen LogP contribution in [0.25, 0.3) is 0 Å². The van der Waals surface area contributed by atoms with Crippen LogP contribution in [0.1, 0.15) is 29.4 Å². The van der Waals surface area contributed by atoms with Gasteiger partial charge in [0.05, 0.1) is 6.61 Å². The molecule has 0 aliphatic heterocycles. The van der Waals surface area contributed by atoms with Crippen LogP contribution in [-0.4, -0.2) is 17.6 Å². The summed E-state index contributed by atoms with van der Waals surface area (Å²) in [5.41, 5.74) is 0.429. The van der Waals surface area contributed by atoms with Gasteiger partial charge in [0.15, 0.2) is 11.5 Å². The number of pyridine rings is 1. The Morgan fingerprint density at radius 3 is 2.93 bits per heavy atom. The molecule has 76 valence electrons. The van der Waals surface area contributed by atoms with Crippen molar-refractivity contribution in [2.75, 3.05) is 6.61 Å². The standard InChI is InChI=1S/C10H12FNO2/c1-3-4-14-10(13)9-8(11)5-7(2)6-12-9/h5-6H,3-4H2,1-2H3. The highest BCUT2D eigenvalue weighted by Gasteiger charge is 2.14. The molecule has 0 aromatic carbocycles. The van der Waals surface area contributed by atoms with Crippen LogP contribution in [0.15, 0.2) is 12.3 Å². The second-order valence-electron chi connectivity index (χ2n) is 2.98. The lowest BCUT2D eigenvalue weighted by Crippen LogP contribution is -2.10. The van der Waals surface area contributed by atoms with E-state index in [1.807, 2.05) is 6.92 Å². The number of carbonyl (C=O) groups is 1. The van der Waals surface area contributed by atoms with Gasteiger partial charge in [-0.3, -0.25) is 0 Å². The summed E-state index contributed by atoms with van der Waals surface area (Å²) in [5.74, 6) is -1.34. The average molecular weight is 197 g/mol. The van der Waals surface area contributed by atoms with Crippen molar-refractivity contribution in [3.63, 3.8) is 0 Å². The maximum absolute atomic E-state index is 13.2. The number of hydrogen-bond donors (Lipinski definition) is 0. The zero-order chi connectivity index (χ0) is 10.6. The number of ether oxygens (including phenoxy) is 1. The molecule has 1 rings (SSSR count). The molecule has 0 aliphatic carbocycles. The highest BCUT2D eigenvalue weighted by molar-refractivity contribution is 5.87. The molecule has 4 heteroatoms. The summed E-state index contributed by atoms with van der Waals surface area (Å²) in [6.07, 6.45) is 2.14. The van der Waals surface area contributed by atoms with Gasteiger partial charge in [0, 0.05) is 6.20 Å². The first-order valence-electron chi connectivity index (χ1n) is 4.44. The average Bonchev–Trinajstić information content (AvgIpc) is 2.14. The first-order chi connectivity index (χ1) is 6.65. The van der Waals surface area contributed by atoms with Crippen molar-refractivity contribution < 1.29 is 13.9 Å². The smallest absolute Gasteiger partial charge is 0.360 e. The van der Waals surface area contributed by atoms with Crippen LogP contribution in [-0.2, 0) is 4.74 Å². The zero-order valence-electron chi connectivity index (χ0n) is 8.21. The number of aromatic nitrogens is 1. The molecule has 0 N–H and O–H groups in total. The van der Waals surface area contributed by atoms with Crippen LogP contribution in [0, 0.1) is 12.7 Å². The third kappa shape index (κ3) is 2.52. The van der Waals surface area contributed by atoms with Gasteiger partial charge in [0.2, 0.25) is 0 Å². The van der Waals surface area contributed by atoms with Crippen LogP contribution in [0.3, 0.4) is 0 Å². The van der Waals surface area contributed by atoms with Gasteiger partial charge >= 0.3 is 5.97 Å². The minimum Gasteiger partial charge on any atom is -0.461 e. The van der Waals surface area contributed by atoms with Crippen LogP contribution >= 0.6 is 0 Å². The number of halogens is 1. The summed E-state index contributed by atoms with van der Waals surface area (Å²) < 4.78 is 17.9. The third-order valence-electron chi connectivity index (χ3n) is 1.61. The molecule has 0 fully saturated rings. The van der Waals surface area contributed by atoms with Crippen molar-refractivity contribution in [2.24, 2.45) is 0 Å². The number of esters is 1. The molecule has 0 bridgehead atoms. The van der Waals surface area contributed by atoms with E-state index < -0.39 is 11.8 Å². The molecule has 1 aromatic heterocycles. The van der Waals surface area contributed by atoms with Gasteiger partial charge in [0.25, 0.3) is 0 Å². The molecule has 0 amide bonds. The quantitative estimate of drug-likeness (QED) is 0.696. The molecule has 0 saturated heterocycles. The van der Waals surface area contributed by atoms with Gasteiger partial charge in [-0.05, 0) is 25.0 Å². The van der Waals surface area contributed by atoms with Crippen molar-refractivity contribution in [2.45, 2.75) is 20.3 Å². The number of hydrogen-bond acceptors (Lipinski definition) is 3. The van der Waals surface area contributed by atoms with E-state index in [9.17, 15) is 9.18 Å². The molecule has 0 saturated carbocycles. The fourth-order valence-electron chi connectivity index (χ4n) is 0.947. The zero-order valence-corrected chi connectivity index (χ0v) is 8.21. The normalized spacial score (nSPS) is 9.93. The highest BCUT2D eigenvalue weighted by Crippen LogP contribution is 2.07. The summed E-state index contributed by atoms with van der Waals surface area (Å²) >= 11 is 0. The Bertz CT molecular complexity index is 339. The molecule has 0 atom stereocenters. The van der Waals surface area contributed by atoms with E-state index in [0.717, 1.165) is 0 Å². The van der Waals surface area contributed by atoms with Gasteiger partial charge in [0.1, 0.15) is 0 Å². The summed E-state index contributed by atoms with van der Waals surface area (Å²) in [5, 5.41) is 0.